The van der Waals surface area contributed by atoms with Crippen molar-refractivity contribution < 1.29 is 13.2 Å². The van der Waals surface area contributed by atoms with Gasteiger partial charge in [-0.25, -0.2) is 8.42 Å². The van der Waals surface area contributed by atoms with E-state index in [9.17, 15) is 8.42 Å². The number of rotatable bonds is 4. The van der Waals surface area contributed by atoms with Gasteiger partial charge in [0, 0.05) is 5.69 Å². The maximum Gasteiger partial charge on any atom is 0.158 e. The predicted octanol–water partition coefficient (Wildman–Crippen LogP) is 3.17. The van der Waals surface area contributed by atoms with Crippen molar-refractivity contribution in [3.63, 3.8) is 0 Å². The summed E-state index contributed by atoms with van der Waals surface area (Å²) in [6, 6.07) is 3.00. The van der Waals surface area contributed by atoms with Crippen LogP contribution in [0, 0.1) is 0 Å². The minimum absolute atomic E-state index is 0.0110. The molecule has 0 amide bonds. The summed E-state index contributed by atoms with van der Waals surface area (Å²) in [4.78, 5) is 0. The summed E-state index contributed by atoms with van der Waals surface area (Å²) in [5.74, 6) is 0.148. The fourth-order valence-corrected chi connectivity index (χ4v) is 2.81. The van der Waals surface area contributed by atoms with Crippen LogP contribution in [-0.4, -0.2) is 25.5 Å². The molecule has 1 aromatic rings. The number of sulfone groups is 1. The van der Waals surface area contributed by atoms with Gasteiger partial charge in [-0.2, -0.15) is 0 Å². The number of hydrogen-bond donors (Lipinski definition) is 1. The molecule has 19 heavy (non-hydrogen) atoms. The molecule has 7 heteroatoms. The lowest BCUT2D eigenvalue weighted by Gasteiger charge is -2.19. The SMILES string of the molecule is CC(C)(C)S(=O)(=O)CCOc1c(Cl)cc(N)cc1Cl. The second-order valence-electron chi connectivity index (χ2n) is 5.09. The first-order valence-corrected chi connectivity index (χ1v) is 8.05. The van der Waals surface area contributed by atoms with Crippen LogP contribution in [-0.2, 0) is 9.84 Å². The number of anilines is 1. The average Bonchev–Trinajstić information content (AvgIpc) is 2.20. The maximum absolute atomic E-state index is 11.9. The van der Waals surface area contributed by atoms with E-state index >= 15 is 0 Å². The second-order valence-corrected chi connectivity index (χ2v) is 8.77. The van der Waals surface area contributed by atoms with Gasteiger partial charge in [0.25, 0.3) is 0 Å². The van der Waals surface area contributed by atoms with E-state index < -0.39 is 14.6 Å². The molecule has 108 valence electrons. The average molecular weight is 326 g/mol. The normalized spacial score (nSPS) is 12.5. The first-order valence-electron chi connectivity index (χ1n) is 5.64. The summed E-state index contributed by atoms with van der Waals surface area (Å²) in [7, 11) is -3.24. The highest BCUT2D eigenvalue weighted by molar-refractivity contribution is 7.92. The smallest absolute Gasteiger partial charge is 0.158 e. The van der Waals surface area contributed by atoms with Crippen molar-refractivity contribution in [1.29, 1.82) is 0 Å². The van der Waals surface area contributed by atoms with E-state index in [1.165, 1.54) is 12.1 Å². The molecule has 0 aliphatic carbocycles. The van der Waals surface area contributed by atoms with Crippen LogP contribution < -0.4 is 10.5 Å². The molecule has 0 spiro atoms. The Morgan fingerprint density at radius 2 is 1.68 bits per heavy atom. The molecule has 0 atom stereocenters. The highest BCUT2D eigenvalue weighted by Crippen LogP contribution is 2.35. The van der Waals surface area contributed by atoms with Gasteiger partial charge >= 0.3 is 0 Å². The molecule has 1 rings (SSSR count). The van der Waals surface area contributed by atoms with Crippen LogP contribution in [0.1, 0.15) is 20.8 Å². The molecule has 0 fully saturated rings. The van der Waals surface area contributed by atoms with E-state index in [-0.39, 0.29) is 28.2 Å². The fraction of sp³-hybridized carbons (Fsp3) is 0.500. The molecule has 0 radical (unpaired) electrons. The zero-order valence-electron chi connectivity index (χ0n) is 11.0. The van der Waals surface area contributed by atoms with Crippen molar-refractivity contribution in [3.8, 4) is 5.75 Å². The Kier molecular flexibility index (Phi) is 4.98. The van der Waals surface area contributed by atoms with Gasteiger partial charge in [-0.3, -0.25) is 0 Å². The zero-order valence-corrected chi connectivity index (χ0v) is 13.4. The third kappa shape index (κ3) is 4.16. The van der Waals surface area contributed by atoms with Crippen LogP contribution in [0.25, 0.3) is 0 Å². The van der Waals surface area contributed by atoms with Crippen LogP contribution >= 0.6 is 23.2 Å². The van der Waals surface area contributed by atoms with Crippen LogP contribution in [0.2, 0.25) is 10.0 Å². The molecule has 0 aliphatic rings. The largest absolute Gasteiger partial charge is 0.489 e. The molecule has 0 aliphatic heterocycles. The van der Waals surface area contributed by atoms with Crippen molar-refractivity contribution in [2.24, 2.45) is 0 Å². The maximum atomic E-state index is 11.9. The third-order valence-corrected chi connectivity index (χ3v) is 5.68. The van der Waals surface area contributed by atoms with Gasteiger partial charge in [-0.1, -0.05) is 23.2 Å². The predicted molar refractivity (Wildman–Crippen MR) is 79.9 cm³/mol. The summed E-state index contributed by atoms with van der Waals surface area (Å²) in [6.45, 7) is 4.92. The molecular weight excluding hydrogens is 309 g/mol. The molecule has 0 aromatic heterocycles. The lowest BCUT2D eigenvalue weighted by Crippen LogP contribution is -2.32. The molecule has 0 unspecified atom stereocenters. The molecule has 1 aromatic carbocycles. The first kappa shape index (κ1) is 16.4. The standard InChI is InChI=1S/C12H17Cl2NO3S/c1-12(2,3)19(16,17)5-4-18-11-9(13)6-8(15)7-10(11)14/h6-7H,4-5,15H2,1-3H3. The van der Waals surface area contributed by atoms with E-state index in [2.05, 4.69) is 0 Å². The van der Waals surface area contributed by atoms with E-state index in [4.69, 9.17) is 33.7 Å². The van der Waals surface area contributed by atoms with Crippen molar-refractivity contribution in [2.45, 2.75) is 25.5 Å². The summed E-state index contributed by atoms with van der Waals surface area (Å²) in [5.41, 5.74) is 5.98. The number of hydrogen-bond acceptors (Lipinski definition) is 4. The van der Waals surface area contributed by atoms with E-state index in [1.807, 2.05) is 0 Å². The topological polar surface area (TPSA) is 69.4 Å². The fourth-order valence-electron chi connectivity index (χ4n) is 1.28. The van der Waals surface area contributed by atoms with Gasteiger partial charge in [0.1, 0.15) is 6.61 Å². The molecular formula is C12H17Cl2NO3S. The van der Waals surface area contributed by atoms with Gasteiger partial charge < -0.3 is 10.5 Å². The van der Waals surface area contributed by atoms with Crippen molar-refractivity contribution >= 4 is 38.7 Å². The molecule has 2 N–H and O–H groups in total. The third-order valence-electron chi connectivity index (χ3n) is 2.55. The van der Waals surface area contributed by atoms with Gasteiger partial charge in [0.2, 0.25) is 0 Å². The van der Waals surface area contributed by atoms with Crippen LogP contribution in [0.15, 0.2) is 12.1 Å². The lowest BCUT2D eigenvalue weighted by atomic mass is 10.3. The quantitative estimate of drug-likeness (QED) is 0.863. The van der Waals surface area contributed by atoms with Gasteiger partial charge in [-0.05, 0) is 32.9 Å². The summed E-state index contributed by atoms with van der Waals surface area (Å²) < 4.78 is 28.3. The second kappa shape index (κ2) is 5.77. The Morgan fingerprint density at radius 3 is 2.11 bits per heavy atom. The molecule has 0 bridgehead atoms. The summed E-state index contributed by atoms with van der Waals surface area (Å²) in [5, 5.41) is 0.524. The lowest BCUT2D eigenvalue weighted by molar-refractivity contribution is 0.340. The van der Waals surface area contributed by atoms with Crippen molar-refractivity contribution in [2.75, 3.05) is 18.1 Å². The van der Waals surface area contributed by atoms with Gasteiger partial charge in [0.05, 0.1) is 20.5 Å². The first-order chi connectivity index (χ1) is 8.54. The minimum Gasteiger partial charge on any atom is -0.489 e. The van der Waals surface area contributed by atoms with Gasteiger partial charge in [0.15, 0.2) is 15.6 Å². The summed E-state index contributed by atoms with van der Waals surface area (Å²) in [6.07, 6.45) is 0. The number of benzene rings is 1. The van der Waals surface area contributed by atoms with Crippen molar-refractivity contribution in [3.05, 3.63) is 22.2 Å². The zero-order chi connectivity index (χ0) is 14.8. The Balaban J connectivity index is 2.75. The summed E-state index contributed by atoms with van der Waals surface area (Å²) >= 11 is 11.9. The minimum atomic E-state index is -3.24. The Labute approximate surface area is 123 Å². The van der Waals surface area contributed by atoms with Crippen molar-refractivity contribution in [1.82, 2.24) is 0 Å². The number of ether oxygens (including phenoxy) is 1. The number of nitrogen functional groups attached to an aromatic ring is 1. The molecule has 4 nitrogen and oxygen atoms in total. The number of halogens is 2. The number of nitrogens with two attached hydrogens (primary N) is 1. The van der Waals surface area contributed by atoms with E-state index in [0.717, 1.165) is 0 Å². The molecule has 0 heterocycles. The molecule has 0 saturated heterocycles. The van der Waals surface area contributed by atoms with Crippen LogP contribution in [0.5, 0.6) is 5.75 Å². The highest BCUT2D eigenvalue weighted by Gasteiger charge is 2.28. The monoisotopic (exact) mass is 325 g/mol. The van der Waals surface area contributed by atoms with Crippen LogP contribution in [0.4, 0.5) is 5.69 Å². The van der Waals surface area contributed by atoms with E-state index in [0.29, 0.717) is 5.69 Å². The highest BCUT2D eigenvalue weighted by atomic mass is 35.5. The Morgan fingerprint density at radius 1 is 1.21 bits per heavy atom. The Hall–Kier alpha value is -0.650. The van der Waals surface area contributed by atoms with Crippen LogP contribution in [0.3, 0.4) is 0 Å². The molecule has 0 saturated carbocycles. The van der Waals surface area contributed by atoms with E-state index in [1.54, 1.807) is 20.8 Å². The Bertz CT molecular complexity index is 542. The van der Waals surface area contributed by atoms with Gasteiger partial charge in [-0.15, -0.1) is 0 Å².